The van der Waals surface area contributed by atoms with Gasteiger partial charge in [-0.05, 0) is 38.5 Å². The van der Waals surface area contributed by atoms with Crippen LogP contribution in [-0.2, 0) is 24.0 Å². The minimum absolute atomic E-state index is 0.169. The Kier molecular flexibility index (Phi) is 12.3. The highest BCUT2D eigenvalue weighted by atomic mass is 16.5. The molecule has 11 nitrogen and oxygen atoms in total. The number of unbranched alkanes of at least 4 members (excludes halogenated alkanes) is 2. The van der Waals surface area contributed by atoms with E-state index in [4.69, 9.17) is 5.21 Å². The molecule has 0 radical (unpaired) electrons. The Hall–Kier alpha value is -2.69. The predicted molar refractivity (Wildman–Crippen MR) is 140 cm³/mol. The molecule has 38 heavy (non-hydrogen) atoms. The van der Waals surface area contributed by atoms with Gasteiger partial charge in [0.1, 0.15) is 24.2 Å². The van der Waals surface area contributed by atoms with E-state index in [9.17, 15) is 24.0 Å². The van der Waals surface area contributed by atoms with E-state index in [1.54, 1.807) is 10.4 Å². The van der Waals surface area contributed by atoms with Gasteiger partial charge in [-0.1, -0.05) is 64.2 Å². The van der Waals surface area contributed by atoms with Crippen LogP contribution in [0, 0.1) is 0 Å². The fourth-order valence-electron chi connectivity index (χ4n) is 5.74. The normalized spacial score (nSPS) is 28.2. The van der Waals surface area contributed by atoms with E-state index in [0.29, 0.717) is 57.9 Å². The Morgan fingerprint density at radius 2 is 1.37 bits per heavy atom. The van der Waals surface area contributed by atoms with Crippen LogP contribution in [0.15, 0.2) is 0 Å². The molecule has 0 spiro atoms. The lowest BCUT2D eigenvalue weighted by atomic mass is 9.99. The fourth-order valence-corrected chi connectivity index (χ4v) is 5.74. The third kappa shape index (κ3) is 8.96. The van der Waals surface area contributed by atoms with Crippen molar-refractivity contribution in [3.05, 3.63) is 0 Å². The molecule has 0 saturated carbocycles. The van der Waals surface area contributed by atoms with E-state index in [0.717, 1.165) is 51.4 Å². The molecule has 0 aromatic heterocycles. The zero-order chi connectivity index (χ0) is 27.3. The summed E-state index contributed by atoms with van der Waals surface area (Å²) in [6, 6.07) is -2.99. The Balaban J connectivity index is 1.78. The van der Waals surface area contributed by atoms with E-state index >= 15 is 0 Å². The van der Waals surface area contributed by atoms with Crippen LogP contribution in [0.2, 0.25) is 0 Å². The molecule has 2 bridgehead atoms. The summed E-state index contributed by atoms with van der Waals surface area (Å²) in [5.74, 6) is -1.77. The monoisotopic (exact) mass is 535 g/mol. The van der Waals surface area contributed by atoms with Crippen molar-refractivity contribution in [2.75, 3.05) is 6.54 Å². The lowest BCUT2D eigenvalue weighted by molar-refractivity contribution is -0.143. The number of rotatable bonds is 6. The first-order chi connectivity index (χ1) is 18.4. The molecule has 0 aromatic carbocycles. The van der Waals surface area contributed by atoms with Gasteiger partial charge >= 0.3 is 0 Å². The highest BCUT2D eigenvalue weighted by molar-refractivity contribution is 5.97. The first-order valence-corrected chi connectivity index (χ1v) is 14.5. The molecule has 4 atom stereocenters. The van der Waals surface area contributed by atoms with Gasteiger partial charge < -0.3 is 20.9 Å². The number of carbonyl (C=O) groups excluding carboxylic acids is 5. The lowest BCUT2D eigenvalue weighted by Crippen LogP contribution is -2.61. The molecule has 3 saturated heterocycles. The Morgan fingerprint density at radius 3 is 2.05 bits per heavy atom. The maximum absolute atomic E-state index is 13.6. The Labute approximate surface area is 225 Å². The van der Waals surface area contributed by atoms with Crippen molar-refractivity contribution in [1.82, 2.24) is 26.3 Å². The van der Waals surface area contributed by atoms with Crippen molar-refractivity contribution in [2.45, 2.75) is 133 Å². The number of hydrogen-bond donors (Lipinski definition) is 5. The van der Waals surface area contributed by atoms with Crippen LogP contribution in [0.1, 0.15) is 109 Å². The second-order valence-electron chi connectivity index (χ2n) is 10.9. The summed E-state index contributed by atoms with van der Waals surface area (Å²) in [6.45, 7) is 0.455. The quantitative estimate of drug-likeness (QED) is 0.198. The summed E-state index contributed by atoms with van der Waals surface area (Å²) in [7, 11) is 0. The first kappa shape index (κ1) is 29.9. The molecule has 3 aliphatic rings. The molecule has 3 fully saturated rings. The van der Waals surface area contributed by atoms with Crippen LogP contribution in [0.4, 0.5) is 0 Å². The maximum Gasteiger partial charge on any atom is 0.245 e. The third-order valence-electron chi connectivity index (χ3n) is 7.98. The number of amides is 5. The predicted octanol–water partition coefficient (Wildman–Crippen LogP) is 1.82. The standard InChI is InChI=1S/C27H45N5O6/c33-23(31-38)17-11-7-10-14-20-24(34)28-19-13-8-5-3-1-2-4-6-9-15-21(30-25(19)35)27(37)32-18-12-16-22(32)26(36)29-20/h19-22,38H,1-18H2,(H,28,34)(H,29,36)(H,30,35)(H,31,33)/t19-,20+,21+,22-/m1/s1. The number of carbonyl (C=O) groups is 5. The average molecular weight is 536 g/mol. The first-order valence-electron chi connectivity index (χ1n) is 14.5. The smallest absolute Gasteiger partial charge is 0.245 e. The number of nitrogens with zero attached hydrogens (tertiary/aromatic N) is 1. The second kappa shape index (κ2) is 15.7. The van der Waals surface area contributed by atoms with E-state index in [1.807, 2.05) is 0 Å². The molecule has 11 heteroatoms. The van der Waals surface area contributed by atoms with E-state index in [-0.39, 0.29) is 24.1 Å². The van der Waals surface area contributed by atoms with Crippen LogP contribution in [-0.4, -0.2) is 70.4 Å². The molecular formula is C27H45N5O6. The van der Waals surface area contributed by atoms with Crippen LogP contribution in [0.25, 0.3) is 0 Å². The van der Waals surface area contributed by atoms with Crippen LogP contribution >= 0.6 is 0 Å². The van der Waals surface area contributed by atoms with Gasteiger partial charge in [-0.15, -0.1) is 0 Å². The zero-order valence-electron chi connectivity index (χ0n) is 22.5. The summed E-state index contributed by atoms with van der Waals surface area (Å²) in [4.78, 5) is 66.5. The fraction of sp³-hybridized carbons (Fsp3) is 0.815. The van der Waals surface area contributed by atoms with E-state index < -0.39 is 36.0 Å². The van der Waals surface area contributed by atoms with Crippen molar-refractivity contribution in [3.63, 3.8) is 0 Å². The van der Waals surface area contributed by atoms with E-state index in [2.05, 4.69) is 16.0 Å². The maximum atomic E-state index is 13.6. The third-order valence-corrected chi connectivity index (χ3v) is 7.98. The van der Waals surface area contributed by atoms with Gasteiger partial charge in [0.2, 0.25) is 29.5 Å². The lowest BCUT2D eigenvalue weighted by Gasteiger charge is -2.32. The minimum Gasteiger partial charge on any atom is -0.343 e. The topological polar surface area (TPSA) is 157 Å². The van der Waals surface area contributed by atoms with Gasteiger partial charge in [0.15, 0.2) is 0 Å². The van der Waals surface area contributed by atoms with Gasteiger partial charge in [-0.25, -0.2) is 5.48 Å². The summed E-state index contributed by atoms with van der Waals surface area (Å²) in [5.41, 5.74) is 1.60. The van der Waals surface area contributed by atoms with Gasteiger partial charge in [-0.3, -0.25) is 29.2 Å². The van der Waals surface area contributed by atoms with Crippen LogP contribution in [0.5, 0.6) is 0 Å². The molecule has 5 amide bonds. The average Bonchev–Trinajstić information content (AvgIpc) is 3.40. The van der Waals surface area contributed by atoms with Gasteiger partial charge in [0.05, 0.1) is 0 Å². The molecule has 3 heterocycles. The summed E-state index contributed by atoms with van der Waals surface area (Å²) in [6.07, 6.45) is 12.5. The van der Waals surface area contributed by atoms with Crippen molar-refractivity contribution < 1.29 is 29.2 Å². The van der Waals surface area contributed by atoms with Gasteiger partial charge in [0.25, 0.3) is 0 Å². The number of hydroxylamine groups is 1. The zero-order valence-corrected chi connectivity index (χ0v) is 22.5. The highest BCUT2D eigenvalue weighted by Gasteiger charge is 2.40. The van der Waals surface area contributed by atoms with Gasteiger partial charge in [-0.2, -0.15) is 0 Å². The number of nitrogens with one attached hydrogen (secondary N) is 4. The van der Waals surface area contributed by atoms with Crippen LogP contribution in [0.3, 0.4) is 0 Å². The largest absolute Gasteiger partial charge is 0.343 e. The van der Waals surface area contributed by atoms with Crippen molar-refractivity contribution in [2.24, 2.45) is 0 Å². The molecule has 5 N–H and O–H groups in total. The minimum atomic E-state index is -0.845. The Bertz CT molecular complexity index is 837. The molecule has 0 unspecified atom stereocenters. The van der Waals surface area contributed by atoms with Crippen molar-refractivity contribution in [3.8, 4) is 0 Å². The Morgan fingerprint density at radius 1 is 0.737 bits per heavy atom. The molecule has 3 aliphatic heterocycles. The van der Waals surface area contributed by atoms with Crippen LogP contribution < -0.4 is 21.4 Å². The van der Waals surface area contributed by atoms with Gasteiger partial charge in [0, 0.05) is 13.0 Å². The molecular weight excluding hydrogens is 490 g/mol. The molecule has 214 valence electrons. The van der Waals surface area contributed by atoms with E-state index in [1.165, 1.54) is 0 Å². The number of hydrogen-bond acceptors (Lipinski definition) is 6. The molecule has 3 rings (SSSR count). The molecule has 0 aromatic rings. The second-order valence-corrected chi connectivity index (χ2v) is 10.9. The van der Waals surface area contributed by atoms with Crippen molar-refractivity contribution in [1.29, 1.82) is 0 Å². The SMILES string of the molecule is O=C(CCCCC[C@@H]1NC(=O)[C@H]2CCCN2C(=O)[C@@H]2CCCCCCCCCC[C@@H](NC1=O)C(=O)N2)NO. The summed E-state index contributed by atoms with van der Waals surface area (Å²) >= 11 is 0. The highest BCUT2D eigenvalue weighted by Crippen LogP contribution is 2.22. The number of fused-ring (bicyclic) bond motifs is 4. The summed E-state index contributed by atoms with van der Waals surface area (Å²) in [5, 5.41) is 17.3. The van der Waals surface area contributed by atoms with Crippen molar-refractivity contribution >= 4 is 29.5 Å². The summed E-state index contributed by atoms with van der Waals surface area (Å²) < 4.78 is 0. The molecule has 0 aliphatic carbocycles.